The number of hydrogen-bond acceptors (Lipinski definition) is 8. The number of rotatable bonds is 13. The summed E-state index contributed by atoms with van der Waals surface area (Å²) in [6, 6.07) is 31.3. The molecule has 7 rings (SSSR count). The summed E-state index contributed by atoms with van der Waals surface area (Å²) < 4.78 is 6.20. The molecule has 3 heterocycles. The van der Waals surface area contributed by atoms with E-state index in [-0.39, 0.29) is 24.0 Å². The quantitative estimate of drug-likeness (QED) is 0.121. The molecule has 0 saturated carbocycles. The van der Waals surface area contributed by atoms with Crippen LogP contribution in [0.15, 0.2) is 97.1 Å². The molecule has 0 bridgehead atoms. The Balaban J connectivity index is 0.875. The van der Waals surface area contributed by atoms with E-state index in [9.17, 15) is 19.5 Å². The summed E-state index contributed by atoms with van der Waals surface area (Å²) in [5.74, 6) is 0.262. The molecule has 0 aliphatic carbocycles. The van der Waals surface area contributed by atoms with Crippen LogP contribution in [0.5, 0.6) is 11.5 Å². The molecule has 10 nitrogen and oxygen atoms in total. The Hall–Kier alpha value is -5.45. The fraction of sp³-hybridized carbons (Fsp3) is 0.326. The summed E-state index contributed by atoms with van der Waals surface area (Å²) in [7, 11) is 0. The number of ether oxygens (including phenoxy) is 1. The van der Waals surface area contributed by atoms with E-state index in [0.29, 0.717) is 25.1 Å². The Morgan fingerprint density at radius 1 is 0.811 bits per heavy atom. The lowest BCUT2D eigenvalue weighted by Gasteiger charge is -2.34. The van der Waals surface area contributed by atoms with E-state index in [1.165, 1.54) is 11.1 Å². The fourth-order valence-electron chi connectivity index (χ4n) is 7.65. The van der Waals surface area contributed by atoms with Crippen LogP contribution in [0.1, 0.15) is 58.8 Å². The Labute approximate surface area is 311 Å². The lowest BCUT2D eigenvalue weighted by Crippen LogP contribution is -2.52. The number of phenols is 1. The third-order valence-electron chi connectivity index (χ3n) is 10.5. The molecule has 3 aliphatic rings. The number of fused-ring (bicyclic) bond motifs is 1. The first-order chi connectivity index (χ1) is 25.9. The van der Waals surface area contributed by atoms with Gasteiger partial charge in [0.05, 0.1) is 0 Å². The van der Waals surface area contributed by atoms with Gasteiger partial charge >= 0.3 is 0 Å². The van der Waals surface area contributed by atoms with Crippen LogP contribution in [-0.2, 0) is 16.1 Å². The summed E-state index contributed by atoms with van der Waals surface area (Å²) in [4.78, 5) is 43.7. The van der Waals surface area contributed by atoms with Crippen molar-refractivity contribution in [3.8, 4) is 11.5 Å². The first-order valence-electron chi connectivity index (χ1n) is 18.6. The second-order valence-electron chi connectivity index (χ2n) is 13.8. The van der Waals surface area contributed by atoms with Crippen molar-refractivity contribution in [1.29, 1.82) is 0 Å². The van der Waals surface area contributed by atoms with Gasteiger partial charge in [-0.3, -0.25) is 29.5 Å². The summed E-state index contributed by atoms with van der Waals surface area (Å²) in [6.07, 6.45) is 1.47. The van der Waals surface area contributed by atoms with Gasteiger partial charge in [-0.05, 0) is 77.1 Å². The number of hydrogen-bond donors (Lipinski definition) is 3. The predicted molar refractivity (Wildman–Crippen MR) is 207 cm³/mol. The van der Waals surface area contributed by atoms with Gasteiger partial charge in [0.1, 0.15) is 24.1 Å². The summed E-state index contributed by atoms with van der Waals surface area (Å²) in [5, 5.41) is 15.8. The Morgan fingerprint density at radius 2 is 1.49 bits per heavy atom. The molecule has 0 spiro atoms. The average Bonchev–Trinajstić information content (AvgIpc) is 3.52. The minimum atomic E-state index is -0.616. The first kappa shape index (κ1) is 35.9. The average molecular weight is 714 g/mol. The maximum absolute atomic E-state index is 13.2. The Bertz CT molecular complexity index is 1950. The van der Waals surface area contributed by atoms with Gasteiger partial charge in [0.15, 0.2) is 0 Å². The van der Waals surface area contributed by atoms with Crippen molar-refractivity contribution in [2.75, 3.05) is 57.7 Å². The third kappa shape index (κ3) is 8.29. The van der Waals surface area contributed by atoms with Crippen molar-refractivity contribution < 1.29 is 24.2 Å². The van der Waals surface area contributed by atoms with Gasteiger partial charge in [0.2, 0.25) is 11.8 Å². The minimum absolute atomic E-state index is 0.156. The maximum Gasteiger partial charge on any atom is 0.255 e. The van der Waals surface area contributed by atoms with E-state index in [0.717, 1.165) is 85.9 Å². The number of allylic oxidation sites excluding steroid dienone is 1. The van der Waals surface area contributed by atoms with Crippen molar-refractivity contribution in [3.63, 3.8) is 0 Å². The number of benzene rings is 4. The highest BCUT2D eigenvalue weighted by Crippen LogP contribution is 2.36. The number of piperazine rings is 1. The molecule has 4 aromatic carbocycles. The molecule has 10 heteroatoms. The van der Waals surface area contributed by atoms with Crippen molar-refractivity contribution >= 4 is 34.6 Å². The van der Waals surface area contributed by atoms with Gasteiger partial charge in [-0.1, -0.05) is 67.6 Å². The van der Waals surface area contributed by atoms with Gasteiger partial charge < -0.3 is 20.1 Å². The van der Waals surface area contributed by atoms with Gasteiger partial charge in [0.25, 0.3) is 5.91 Å². The largest absolute Gasteiger partial charge is 0.508 e. The zero-order chi connectivity index (χ0) is 36.7. The topological polar surface area (TPSA) is 114 Å². The van der Waals surface area contributed by atoms with Crippen LogP contribution in [0.25, 0.3) is 11.1 Å². The Morgan fingerprint density at radius 3 is 2.17 bits per heavy atom. The summed E-state index contributed by atoms with van der Waals surface area (Å²) >= 11 is 0. The summed E-state index contributed by atoms with van der Waals surface area (Å²) in [5.41, 5.74) is 8.20. The molecule has 4 aromatic rings. The normalized spacial score (nSPS) is 18.4. The van der Waals surface area contributed by atoms with Crippen LogP contribution in [0.2, 0.25) is 0 Å². The number of phenolic OH excluding ortho intramolecular Hbond substituents is 1. The number of aromatic hydroxyl groups is 1. The van der Waals surface area contributed by atoms with E-state index in [1.54, 1.807) is 17.0 Å². The monoisotopic (exact) mass is 713 g/mol. The zero-order valence-corrected chi connectivity index (χ0v) is 30.2. The van der Waals surface area contributed by atoms with Crippen LogP contribution in [-0.4, -0.2) is 96.0 Å². The molecule has 53 heavy (non-hydrogen) atoms. The fourth-order valence-corrected chi connectivity index (χ4v) is 7.65. The SMILES string of the molecule is CCC(=C(c1ccc(O)cc1)c1ccc(OCCN2CCN(CCNc3cccc4c3CN(C3CCC(=O)NC3=O)C4=O)CC2)cc1)c1ccccc1. The molecule has 2 fully saturated rings. The van der Waals surface area contributed by atoms with Crippen molar-refractivity contribution in [1.82, 2.24) is 20.0 Å². The van der Waals surface area contributed by atoms with E-state index in [4.69, 9.17) is 4.74 Å². The molecule has 2 saturated heterocycles. The lowest BCUT2D eigenvalue weighted by atomic mass is 9.88. The van der Waals surface area contributed by atoms with Crippen LogP contribution >= 0.6 is 0 Å². The Kier molecular flexibility index (Phi) is 11.2. The van der Waals surface area contributed by atoms with Gasteiger partial charge in [-0.15, -0.1) is 0 Å². The second-order valence-corrected chi connectivity index (χ2v) is 13.8. The van der Waals surface area contributed by atoms with Crippen LogP contribution in [0, 0.1) is 0 Å². The number of carbonyl (C=O) groups excluding carboxylic acids is 3. The molecule has 1 unspecified atom stereocenters. The second kappa shape index (κ2) is 16.5. The van der Waals surface area contributed by atoms with E-state index < -0.39 is 11.9 Å². The van der Waals surface area contributed by atoms with Gasteiger partial charge in [0, 0.05) is 75.6 Å². The number of piperidine rings is 1. The van der Waals surface area contributed by atoms with Crippen molar-refractivity contribution in [3.05, 3.63) is 125 Å². The van der Waals surface area contributed by atoms with E-state index in [1.807, 2.05) is 48.5 Å². The molecule has 0 aromatic heterocycles. The van der Waals surface area contributed by atoms with Gasteiger partial charge in [-0.2, -0.15) is 0 Å². The molecular formula is C43H47N5O5. The first-order valence-corrected chi connectivity index (χ1v) is 18.6. The van der Waals surface area contributed by atoms with E-state index in [2.05, 4.69) is 63.8 Å². The molecular weight excluding hydrogens is 667 g/mol. The predicted octanol–water partition coefficient (Wildman–Crippen LogP) is 5.63. The van der Waals surface area contributed by atoms with Crippen LogP contribution in [0.3, 0.4) is 0 Å². The van der Waals surface area contributed by atoms with Gasteiger partial charge in [-0.25, -0.2) is 0 Å². The summed E-state index contributed by atoms with van der Waals surface area (Å²) in [6.45, 7) is 9.52. The number of nitrogens with zero attached hydrogens (tertiary/aromatic N) is 3. The van der Waals surface area contributed by atoms with E-state index >= 15 is 0 Å². The molecule has 1 atom stereocenters. The van der Waals surface area contributed by atoms with Crippen molar-refractivity contribution in [2.24, 2.45) is 0 Å². The number of amides is 3. The van der Waals surface area contributed by atoms with Crippen LogP contribution < -0.4 is 15.4 Å². The lowest BCUT2D eigenvalue weighted by molar-refractivity contribution is -0.136. The number of nitrogens with one attached hydrogen (secondary N) is 2. The highest BCUT2D eigenvalue weighted by molar-refractivity contribution is 6.06. The highest BCUT2D eigenvalue weighted by Gasteiger charge is 2.39. The highest BCUT2D eigenvalue weighted by atomic mass is 16.5. The number of anilines is 1. The zero-order valence-electron chi connectivity index (χ0n) is 30.2. The molecule has 3 aliphatic heterocycles. The minimum Gasteiger partial charge on any atom is -0.508 e. The standard InChI is InChI=1S/C43H47N5O5/c1-2-35(30-7-4-3-5-8-30)41(31-11-15-33(49)16-12-31)32-13-17-34(18-14-32)53-28-27-47-25-23-46(24-26-47)22-21-44-38-10-6-9-36-37(38)29-48(43(36)52)39-19-20-40(50)45-42(39)51/h3-18,39,44,49H,2,19-29H2,1H3,(H,45,50,51). The number of carbonyl (C=O) groups is 3. The van der Waals surface area contributed by atoms with Crippen molar-refractivity contribution in [2.45, 2.75) is 38.8 Å². The van der Waals surface area contributed by atoms with Crippen LogP contribution in [0.4, 0.5) is 5.69 Å². The third-order valence-corrected chi connectivity index (χ3v) is 10.5. The molecule has 3 N–H and O–H groups in total. The smallest absolute Gasteiger partial charge is 0.255 e. The maximum atomic E-state index is 13.2. The molecule has 3 amide bonds. The molecule has 0 radical (unpaired) electrons. The number of imide groups is 1. The molecule has 274 valence electrons.